The molecule has 1 saturated heterocycles. The molecule has 2 aliphatic rings. The van der Waals surface area contributed by atoms with Gasteiger partial charge < -0.3 is 10.2 Å². The number of halogens is 1. The van der Waals surface area contributed by atoms with Gasteiger partial charge in [0.15, 0.2) is 0 Å². The van der Waals surface area contributed by atoms with Crippen LogP contribution in [0.1, 0.15) is 35.3 Å². The molecule has 0 radical (unpaired) electrons. The molecule has 0 unspecified atom stereocenters. The standard InChI is InChI=1S/C19H23FN4O/c1-13-16(10-21-24(13)18-5-3-2-4-17(18)20)19(25)22-15-8-9-23(12-15)11-14-6-7-14/h2-5,10,14-15H,6-9,11-12H2,1H3,(H,22,25)/t15-/m0/s1. The van der Waals surface area contributed by atoms with E-state index in [1.807, 2.05) is 0 Å². The number of benzene rings is 1. The van der Waals surface area contributed by atoms with Crippen LogP contribution in [0.2, 0.25) is 0 Å². The fourth-order valence-corrected chi connectivity index (χ4v) is 3.54. The normalized spacial score (nSPS) is 20.8. The lowest BCUT2D eigenvalue weighted by Gasteiger charge is -2.16. The van der Waals surface area contributed by atoms with Crippen LogP contribution in [0.5, 0.6) is 0 Å². The molecule has 1 amide bonds. The Morgan fingerprint density at radius 2 is 2.12 bits per heavy atom. The van der Waals surface area contributed by atoms with Crippen LogP contribution in [0.3, 0.4) is 0 Å². The van der Waals surface area contributed by atoms with Crippen LogP contribution in [-0.4, -0.2) is 46.3 Å². The number of rotatable bonds is 5. The van der Waals surface area contributed by atoms with Gasteiger partial charge in [0.1, 0.15) is 11.5 Å². The molecule has 1 atom stereocenters. The van der Waals surface area contributed by atoms with Gasteiger partial charge in [0.05, 0.1) is 17.5 Å². The van der Waals surface area contributed by atoms with Gasteiger partial charge in [-0.2, -0.15) is 5.10 Å². The number of aromatic nitrogens is 2. The van der Waals surface area contributed by atoms with Crippen LogP contribution in [0, 0.1) is 18.7 Å². The van der Waals surface area contributed by atoms with E-state index in [9.17, 15) is 9.18 Å². The quantitative estimate of drug-likeness (QED) is 0.908. The number of carbonyl (C=O) groups excluding carboxylic acids is 1. The molecule has 25 heavy (non-hydrogen) atoms. The van der Waals surface area contributed by atoms with E-state index in [4.69, 9.17) is 0 Å². The second-order valence-corrected chi connectivity index (χ2v) is 7.17. The Kier molecular flexibility index (Phi) is 4.29. The molecule has 2 aromatic rings. The highest BCUT2D eigenvalue weighted by molar-refractivity contribution is 5.95. The van der Waals surface area contributed by atoms with Crippen molar-refractivity contribution < 1.29 is 9.18 Å². The zero-order chi connectivity index (χ0) is 17.4. The van der Waals surface area contributed by atoms with Gasteiger partial charge in [-0.25, -0.2) is 9.07 Å². The van der Waals surface area contributed by atoms with Gasteiger partial charge in [-0.05, 0) is 44.2 Å². The van der Waals surface area contributed by atoms with Crippen LogP contribution in [0.25, 0.3) is 5.69 Å². The third-order valence-corrected chi connectivity index (χ3v) is 5.16. The second kappa shape index (κ2) is 6.59. The van der Waals surface area contributed by atoms with E-state index in [1.54, 1.807) is 25.1 Å². The van der Waals surface area contributed by atoms with Gasteiger partial charge in [0.25, 0.3) is 5.91 Å². The van der Waals surface area contributed by atoms with E-state index in [0.29, 0.717) is 16.9 Å². The molecule has 2 heterocycles. The maximum Gasteiger partial charge on any atom is 0.255 e. The summed E-state index contributed by atoms with van der Waals surface area (Å²) in [6, 6.07) is 6.63. The lowest BCUT2D eigenvalue weighted by atomic mass is 10.2. The predicted molar refractivity (Wildman–Crippen MR) is 93.3 cm³/mol. The van der Waals surface area contributed by atoms with E-state index in [0.717, 1.165) is 32.0 Å². The van der Waals surface area contributed by atoms with Gasteiger partial charge >= 0.3 is 0 Å². The number of carbonyl (C=O) groups is 1. The molecular formula is C19H23FN4O. The Bertz CT molecular complexity index is 783. The summed E-state index contributed by atoms with van der Waals surface area (Å²) < 4.78 is 15.5. The summed E-state index contributed by atoms with van der Waals surface area (Å²) in [5, 5.41) is 7.32. The highest BCUT2D eigenvalue weighted by Gasteiger charge is 2.30. The first-order valence-corrected chi connectivity index (χ1v) is 8.94. The average molecular weight is 342 g/mol. The minimum atomic E-state index is -0.354. The summed E-state index contributed by atoms with van der Waals surface area (Å²) in [5.74, 6) is 0.390. The molecule has 0 spiro atoms. The zero-order valence-corrected chi connectivity index (χ0v) is 14.4. The van der Waals surface area contributed by atoms with E-state index in [1.165, 1.54) is 29.8 Å². The fourth-order valence-electron chi connectivity index (χ4n) is 3.54. The van der Waals surface area contributed by atoms with Crippen molar-refractivity contribution in [1.82, 2.24) is 20.0 Å². The van der Waals surface area contributed by atoms with E-state index < -0.39 is 0 Å². The molecule has 5 nitrogen and oxygen atoms in total. The van der Waals surface area contributed by atoms with Crippen molar-refractivity contribution in [1.29, 1.82) is 0 Å². The Hall–Kier alpha value is -2.21. The molecule has 4 rings (SSSR count). The molecule has 132 valence electrons. The van der Waals surface area contributed by atoms with Gasteiger partial charge in [0.2, 0.25) is 0 Å². The van der Waals surface area contributed by atoms with Crippen LogP contribution in [-0.2, 0) is 0 Å². The first kappa shape index (κ1) is 16.3. The second-order valence-electron chi connectivity index (χ2n) is 7.17. The smallest absolute Gasteiger partial charge is 0.255 e. The lowest BCUT2D eigenvalue weighted by Crippen LogP contribution is -2.37. The summed E-state index contributed by atoms with van der Waals surface area (Å²) >= 11 is 0. The van der Waals surface area contributed by atoms with Crippen LogP contribution >= 0.6 is 0 Å². The monoisotopic (exact) mass is 342 g/mol. The minimum Gasteiger partial charge on any atom is -0.348 e. The van der Waals surface area contributed by atoms with Crippen molar-refractivity contribution in [3.63, 3.8) is 0 Å². The molecular weight excluding hydrogens is 319 g/mol. The fraction of sp³-hybridized carbons (Fsp3) is 0.474. The van der Waals surface area contributed by atoms with Crippen molar-refractivity contribution in [2.45, 2.75) is 32.2 Å². The molecule has 2 fully saturated rings. The van der Waals surface area contributed by atoms with E-state index in [2.05, 4.69) is 15.3 Å². The number of nitrogens with zero attached hydrogens (tertiary/aromatic N) is 3. The molecule has 1 N–H and O–H groups in total. The number of amides is 1. The molecule has 1 saturated carbocycles. The predicted octanol–water partition coefficient (Wildman–Crippen LogP) is 2.53. The van der Waals surface area contributed by atoms with E-state index in [-0.39, 0.29) is 17.8 Å². The molecule has 1 aliphatic carbocycles. The molecule has 1 aromatic heterocycles. The number of hydrogen-bond acceptors (Lipinski definition) is 3. The van der Waals surface area contributed by atoms with Crippen LogP contribution in [0.15, 0.2) is 30.5 Å². The SMILES string of the molecule is Cc1c(C(=O)N[C@H]2CCN(CC3CC3)C2)cnn1-c1ccccc1F. The highest BCUT2D eigenvalue weighted by atomic mass is 19.1. The molecule has 0 bridgehead atoms. The van der Waals surface area contributed by atoms with Gasteiger partial charge in [-0.3, -0.25) is 4.79 Å². The summed E-state index contributed by atoms with van der Waals surface area (Å²) in [6.45, 7) is 4.93. The third-order valence-electron chi connectivity index (χ3n) is 5.16. The van der Waals surface area contributed by atoms with Crippen molar-refractivity contribution in [3.8, 4) is 5.69 Å². The van der Waals surface area contributed by atoms with Crippen molar-refractivity contribution >= 4 is 5.91 Å². The number of nitrogens with one attached hydrogen (secondary N) is 1. The average Bonchev–Trinajstić information content (AvgIpc) is 3.16. The van der Waals surface area contributed by atoms with E-state index >= 15 is 0 Å². The summed E-state index contributed by atoms with van der Waals surface area (Å²) in [6.07, 6.45) is 5.21. The number of para-hydroxylation sites is 1. The van der Waals surface area contributed by atoms with Gasteiger partial charge in [-0.15, -0.1) is 0 Å². The van der Waals surface area contributed by atoms with Crippen LogP contribution < -0.4 is 5.32 Å². The first-order valence-electron chi connectivity index (χ1n) is 8.94. The summed E-state index contributed by atoms with van der Waals surface area (Å²) in [4.78, 5) is 15.1. The van der Waals surface area contributed by atoms with Gasteiger partial charge in [-0.1, -0.05) is 12.1 Å². The summed E-state index contributed by atoms with van der Waals surface area (Å²) in [5.41, 5.74) is 1.51. The molecule has 1 aromatic carbocycles. The number of likely N-dealkylation sites (tertiary alicyclic amines) is 1. The van der Waals surface area contributed by atoms with Crippen molar-refractivity contribution in [3.05, 3.63) is 47.5 Å². The Morgan fingerprint density at radius 1 is 1.32 bits per heavy atom. The highest BCUT2D eigenvalue weighted by Crippen LogP contribution is 2.30. The number of hydrogen-bond donors (Lipinski definition) is 1. The topological polar surface area (TPSA) is 50.2 Å². The van der Waals surface area contributed by atoms with Crippen LogP contribution in [0.4, 0.5) is 4.39 Å². The Morgan fingerprint density at radius 3 is 2.88 bits per heavy atom. The van der Waals surface area contributed by atoms with Crippen molar-refractivity contribution in [2.24, 2.45) is 5.92 Å². The first-order chi connectivity index (χ1) is 12.1. The maximum atomic E-state index is 14.0. The minimum absolute atomic E-state index is 0.127. The maximum absolute atomic E-state index is 14.0. The molecule has 6 heteroatoms. The third kappa shape index (κ3) is 3.44. The Labute approximate surface area is 146 Å². The summed E-state index contributed by atoms with van der Waals surface area (Å²) in [7, 11) is 0. The Balaban J connectivity index is 1.43. The van der Waals surface area contributed by atoms with Crippen molar-refractivity contribution in [2.75, 3.05) is 19.6 Å². The largest absolute Gasteiger partial charge is 0.348 e. The van der Waals surface area contributed by atoms with Gasteiger partial charge in [0, 0.05) is 25.7 Å². The lowest BCUT2D eigenvalue weighted by molar-refractivity contribution is 0.0937. The zero-order valence-electron chi connectivity index (χ0n) is 14.4. The molecule has 1 aliphatic heterocycles.